The van der Waals surface area contributed by atoms with Gasteiger partial charge in [0, 0.05) is 44.6 Å². The largest absolute Gasteiger partial charge is 0.469 e. The minimum Gasteiger partial charge on any atom is -0.469 e. The summed E-state index contributed by atoms with van der Waals surface area (Å²) in [6.45, 7) is 9.01. The Morgan fingerprint density at radius 1 is 1.35 bits per heavy atom. The van der Waals surface area contributed by atoms with Crippen LogP contribution in [0.3, 0.4) is 0 Å². The number of ether oxygens (including phenoxy) is 1. The second-order valence-electron chi connectivity index (χ2n) is 7.81. The molecule has 3 unspecified atom stereocenters. The average Bonchev–Trinajstić information content (AvgIpc) is 3.32. The van der Waals surface area contributed by atoms with Crippen LogP contribution in [-0.2, 0) is 11.2 Å². The van der Waals surface area contributed by atoms with Crippen LogP contribution in [0.15, 0.2) is 27.8 Å². The molecule has 1 N–H and O–H groups in total. The van der Waals surface area contributed by atoms with E-state index in [0.29, 0.717) is 12.0 Å². The maximum absolute atomic E-state index is 5.64. The summed E-state index contributed by atoms with van der Waals surface area (Å²) in [5.74, 6) is 3.45. The zero-order chi connectivity index (χ0) is 18.2. The summed E-state index contributed by atoms with van der Waals surface area (Å²) < 4.78 is 11.1. The van der Waals surface area contributed by atoms with Crippen LogP contribution >= 0.6 is 0 Å². The van der Waals surface area contributed by atoms with E-state index in [4.69, 9.17) is 14.1 Å². The molecule has 146 valence electrons. The highest BCUT2D eigenvalue weighted by molar-refractivity contribution is 5.80. The van der Waals surface area contributed by atoms with Gasteiger partial charge in [0.15, 0.2) is 5.96 Å². The molecular weight excluding hydrogens is 326 g/mol. The maximum atomic E-state index is 5.64. The predicted octanol–water partition coefficient (Wildman–Crippen LogP) is 3.70. The summed E-state index contributed by atoms with van der Waals surface area (Å²) in [6, 6.07) is 4.53. The Hall–Kier alpha value is -1.49. The van der Waals surface area contributed by atoms with Gasteiger partial charge in [-0.25, -0.2) is 0 Å². The lowest BCUT2D eigenvalue weighted by atomic mass is 9.86. The number of rotatable bonds is 7. The first kappa shape index (κ1) is 19.3. The smallest absolute Gasteiger partial charge is 0.194 e. The molecule has 0 aromatic carbocycles. The average molecular weight is 362 g/mol. The normalized spacial score (nSPS) is 27.1. The molecule has 0 bridgehead atoms. The Kier molecular flexibility index (Phi) is 7.42. The minimum atomic E-state index is 0.553. The van der Waals surface area contributed by atoms with Gasteiger partial charge in [-0.2, -0.15) is 0 Å². The van der Waals surface area contributed by atoms with Crippen LogP contribution in [0, 0.1) is 11.8 Å². The number of nitrogens with zero attached hydrogens (tertiary/aromatic N) is 2. The Bertz CT molecular complexity index is 543. The van der Waals surface area contributed by atoms with Crippen LogP contribution in [0.1, 0.15) is 51.7 Å². The molecule has 1 aromatic rings. The van der Waals surface area contributed by atoms with E-state index in [0.717, 1.165) is 56.9 Å². The van der Waals surface area contributed by atoms with Gasteiger partial charge in [0.25, 0.3) is 0 Å². The molecule has 0 radical (unpaired) electrons. The number of nitrogens with one attached hydrogen (secondary N) is 1. The first-order chi connectivity index (χ1) is 12.8. The summed E-state index contributed by atoms with van der Waals surface area (Å²) in [5, 5.41) is 3.81. The van der Waals surface area contributed by atoms with Crippen LogP contribution < -0.4 is 5.32 Å². The lowest BCUT2D eigenvalue weighted by Gasteiger charge is -2.33. The molecule has 2 fully saturated rings. The number of aliphatic imine (C=N–C) groups is 1. The summed E-state index contributed by atoms with van der Waals surface area (Å²) in [5.41, 5.74) is 0. The molecule has 1 aliphatic heterocycles. The van der Waals surface area contributed by atoms with Crippen molar-refractivity contribution in [1.29, 1.82) is 0 Å². The Morgan fingerprint density at radius 2 is 2.23 bits per heavy atom. The van der Waals surface area contributed by atoms with Gasteiger partial charge < -0.3 is 19.4 Å². The van der Waals surface area contributed by atoms with Crippen molar-refractivity contribution in [1.82, 2.24) is 10.2 Å². The van der Waals surface area contributed by atoms with E-state index < -0.39 is 0 Å². The van der Waals surface area contributed by atoms with E-state index in [1.165, 1.54) is 32.1 Å². The maximum Gasteiger partial charge on any atom is 0.194 e. The highest BCUT2D eigenvalue weighted by atomic mass is 16.5. The molecule has 5 heteroatoms. The van der Waals surface area contributed by atoms with Crippen molar-refractivity contribution < 1.29 is 9.15 Å². The second kappa shape index (κ2) is 10.0. The number of guanidine groups is 1. The van der Waals surface area contributed by atoms with Crippen LogP contribution in [0.4, 0.5) is 0 Å². The second-order valence-corrected chi connectivity index (χ2v) is 7.81. The summed E-state index contributed by atoms with van der Waals surface area (Å²) in [7, 11) is 0. The summed E-state index contributed by atoms with van der Waals surface area (Å²) in [4.78, 5) is 7.39. The molecule has 5 nitrogen and oxygen atoms in total. The minimum absolute atomic E-state index is 0.553. The third-order valence-corrected chi connectivity index (χ3v) is 5.77. The highest BCUT2D eigenvalue weighted by Gasteiger charge is 2.28. The number of likely N-dealkylation sites (tertiary alicyclic amines) is 1. The van der Waals surface area contributed by atoms with Crippen molar-refractivity contribution in [3.05, 3.63) is 24.2 Å². The monoisotopic (exact) mass is 361 g/mol. The van der Waals surface area contributed by atoms with Crippen molar-refractivity contribution in [2.24, 2.45) is 16.8 Å². The quantitative estimate of drug-likeness (QED) is 0.594. The highest BCUT2D eigenvalue weighted by Crippen LogP contribution is 2.24. The van der Waals surface area contributed by atoms with Gasteiger partial charge in [0.05, 0.1) is 12.9 Å². The van der Waals surface area contributed by atoms with Crippen molar-refractivity contribution in [3.63, 3.8) is 0 Å². The van der Waals surface area contributed by atoms with Gasteiger partial charge in [-0.1, -0.05) is 19.8 Å². The lowest BCUT2D eigenvalue weighted by Crippen LogP contribution is -2.48. The van der Waals surface area contributed by atoms with Crippen molar-refractivity contribution in [3.8, 4) is 0 Å². The van der Waals surface area contributed by atoms with E-state index in [2.05, 4.69) is 24.1 Å². The van der Waals surface area contributed by atoms with Crippen molar-refractivity contribution in [2.45, 2.75) is 58.4 Å². The zero-order valence-electron chi connectivity index (χ0n) is 16.5. The molecule has 3 atom stereocenters. The van der Waals surface area contributed by atoms with E-state index in [1.807, 2.05) is 12.1 Å². The molecule has 0 amide bonds. The standard InChI is InChI=1S/C21H35N3O2/c1-3-25-16-18-11-13-24(15-18)21(22-12-10-19-8-6-14-26-19)23-20-9-5-4-7-17(20)2/h6,8,14,17-18,20H,3-5,7,9-13,15-16H2,1-2H3,(H,22,23). The van der Waals surface area contributed by atoms with Gasteiger partial charge in [0.1, 0.15) is 5.76 Å². The molecule has 3 rings (SSSR count). The molecular formula is C21H35N3O2. The molecule has 0 spiro atoms. The molecule has 1 aromatic heterocycles. The number of hydrogen-bond donors (Lipinski definition) is 1. The van der Waals surface area contributed by atoms with Crippen LogP contribution in [0.25, 0.3) is 0 Å². The summed E-state index contributed by atoms with van der Waals surface area (Å²) >= 11 is 0. The Morgan fingerprint density at radius 3 is 3.00 bits per heavy atom. The first-order valence-electron chi connectivity index (χ1n) is 10.4. The molecule has 2 heterocycles. The fourth-order valence-electron chi connectivity index (χ4n) is 4.11. The zero-order valence-corrected chi connectivity index (χ0v) is 16.5. The SMILES string of the molecule is CCOCC1CCN(C(=NCCc2ccco2)NC2CCCCC2C)C1. The Balaban J connectivity index is 1.60. The van der Waals surface area contributed by atoms with Gasteiger partial charge in [0.2, 0.25) is 0 Å². The number of hydrogen-bond acceptors (Lipinski definition) is 3. The van der Waals surface area contributed by atoms with Crippen LogP contribution in [0.5, 0.6) is 0 Å². The van der Waals surface area contributed by atoms with Crippen molar-refractivity contribution in [2.75, 3.05) is 32.8 Å². The molecule has 26 heavy (non-hydrogen) atoms. The van der Waals surface area contributed by atoms with Gasteiger partial charge in [-0.3, -0.25) is 4.99 Å². The van der Waals surface area contributed by atoms with Gasteiger partial charge in [-0.15, -0.1) is 0 Å². The summed E-state index contributed by atoms with van der Waals surface area (Å²) in [6.07, 6.45) is 9.06. The van der Waals surface area contributed by atoms with Crippen LogP contribution in [-0.4, -0.2) is 49.7 Å². The molecule has 1 saturated heterocycles. The van der Waals surface area contributed by atoms with E-state index >= 15 is 0 Å². The predicted molar refractivity (Wildman–Crippen MR) is 105 cm³/mol. The van der Waals surface area contributed by atoms with Gasteiger partial charge in [-0.05, 0) is 44.2 Å². The van der Waals surface area contributed by atoms with E-state index in [9.17, 15) is 0 Å². The van der Waals surface area contributed by atoms with Crippen LogP contribution in [0.2, 0.25) is 0 Å². The van der Waals surface area contributed by atoms with Crippen molar-refractivity contribution >= 4 is 5.96 Å². The lowest BCUT2D eigenvalue weighted by molar-refractivity contribution is 0.114. The third-order valence-electron chi connectivity index (χ3n) is 5.77. The Labute approximate surface area is 158 Å². The first-order valence-corrected chi connectivity index (χ1v) is 10.4. The molecule has 1 aliphatic carbocycles. The molecule has 1 saturated carbocycles. The fraction of sp³-hybridized carbons (Fsp3) is 0.762. The third kappa shape index (κ3) is 5.50. The molecule has 2 aliphatic rings. The van der Waals surface area contributed by atoms with E-state index in [1.54, 1.807) is 6.26 Å². The topological polar surface area (TPSA) is 50.0 Å². The fourth-order valence-corrected chi connectivity index (χ4v) is 4.11. The van der Waals surface area contributed by atoms with Gasteiger partial charge >= 0.3 is 0 Å². The number of furan rings is 1. The van der Waals surface area contributed by atoms with E-state index in [-0.39, 0.29) is 0 Å².